The van der Waals surface area contributed by atoms with E-state index < -0.39 is 0 Å². The van der Waals surface area contributed by atoms with Crippen LogP contribution in [0.2, 0.25) is 5.02 Å². The van der Waals surface area contributed by atoms with Crippen molar-refractivity contribution in [2.45, 2.75) is 25.3 Å². The normalized spacial score (nSPS) is 21.5. The molecule has 2 rings (SSSR count). The van der Waals surface area contributed by atoms with Gasteiger partial charge in [-0.15, -0.1) is 0 Å². The Kier molecular flexibility index (Phi) is 4.02. The SMILES string of the molecule is Fc1ccc(NC2CCCOCC2)cc1Cl. The number of ether oxygens (including phenoxy) is 1. The van der Waals surface area contributed by atoms with Gasteiger partial charge in [-0.05, 0) is 37.5 Å². The monoisotopic (exact) mass is 243 g/mol. The van der Waals surface area contributed by atoms with Gasteiger partial charge >= 0.3 is 0 Å². The lowest BCUT2D eigenvalue weighted by Gasteiger charge is -2.17. The quantitative estimate of drug-likeness (QED) is 0.859. The van der Waals surface area contributed by atoms with Crippen LogP contribution in [0.5, 0.6) is 0 Å². The molecule has 1 heterocycles. The number of hydrogen-bond acceptors (Lipinski definition) is 2. The van der Waals surface area contributed by atoms with Crippen LogP contribution in [0, 0.1) is 5.82 Å². The van der Waals surface area contributed by atoms with Gasteiger partial charge in [-0.25, -0.2) is 4.39 Å². The van der Waals surface area contributed by atoms with Gasteiger partial charge in [0.1, 0.15) is 5.82 Å². The largest absolute Gasteiger partial charge is 0.382 e. The molecule has 0 aliphatic carbocycles. The first-order valence-corrected chi connectivity index (χ1v) is 5.93. The molecule has 1 atom stereocenters. The van der Waals surface area contributed by atoms with E-state index in [1.54, 1.807) is 12.1 Å². The molecule has 16 heavy (non-hydrogen) atoms. The van der Waals surface area contributed by atoms with E-state index >= 15 is 0 Å². The summed E-state index contributed by atoms with van der Waals surface area (Å²) in [5.74, 6) is -0.378. The maximum Gasteiger partial charge on any atom is 0.141 e. The first-order chi connectivity index (χ1) is 7.75. The van der Waals surface area contributed by atoms with Gasteiger partial charge in [0, 0.05) is 24.9 Å². The number of benzene rings is 1. The summed E-state index contributed by atoms with van der Waals surface area (Å²) in [6.45, 7) is 1.62. The lowest BCUT2D eigenvalue weighted by Crippen LogP contribution is -2.19. The third-order valence-electron chi connectivity index (χ3n) is 2.74. The molecule has 2 nitrogen and oxygen atoms in total. The summed E-state index contributed by atoms with van der Waals surface area (Å²) in [4.78, 5) is 0. The molecule has 88 valence electrons. The number of anilines is 1. The van der Waals surface area contributed by atoms with Crippen LogP contribution in [-0.4, -0.2) is 19.3 Å². The average molecular weight is 244 g/mol. The number of nitrogens with one attached hydrogen (secondary N) is 1. The van der Waals surface area contributed by atoms with Crippen LogP contribution in [0.15, 0.2) is 18.2 Å². The van der Waals surface area contributed by atoms with E-state index in [2.05, 4.69) is 5.32 Å². The predicted molar refractivity (Wildman–Crippen MR) is 63.5 cm³/mol. The Labute approximate surface area is 99.7 Å². The Morgan fingerprint density at radius 2 is 2.19 bits per heavy atom. The van der Waals surface area contributed by atoms with Crippen molar-refractivity contribution >= 4 is 17.3 Å². The lowest BCUT2D eigenvalue weighted by atomic mass is 10.1. The number of rotatable bonds is 2. The van der Waals surface area contributed by atoms with E-state index in [-0.39, 0.29) is 10.8 Å². The molecule has 1 aliphatic rings. The molecule has 0 aromatic heterocycles. The summed E-state index contributed by atoms with van der Waals surface area (Å²) in [7, 11) is 0. The van der Waals surface area contributed by atoms with Gasteiger partial charge in [0.2, 0.25) is 0 Å². The molecule has 0 bridgehead atoms. The molecule has 1 unspecified atom stereocenters. The first-order valence-electron chi connectivity index (χ1n) is 5.55. The minimum absolute atomic E-state index is 0.162. The van der Waals surface area contributed by atoms with Crippen LogP contribution >= 0.6 is 11.6 Å². The Hall–Kier alpha value is -0.800. The van der Waals surface area contributed by atoms with Crippen LogP contribution in [0.3, 0.4) is 0 Å². The molecule has 1 aromatic carbocycles. The predicted octanol–water partition coefficient (Wildman–Crippen LogP) is 3.46. The third-order valence-corrected chi connectivity index (χ3v) is 3.03. The standard InChI is InChI=1S/C12H15ClFNO/c13-11-8-10(3-4-12(11)14)15-9-2-1-6-16-7-5-9/h3-4,8-9,15H,1-2,5-7H2. The fraction of sp³-hybridized carbons (Fsp3) is 0.500. The van der Waals surface area contributed by atoms with E-state index in [1.807, 2.05) is 0 Å². The van der Waals surface area contributed by atoms with E-state index in [9.17, 15) is 4.39 Å². The van der Waals surface area contributed by atoms with E-state index in [4.69, 9.17) is 16.3 Å². The van der Waals surface area contributed by atoms with E-state index in [0.717, 1.165) is 38.2 Å². The minimum atomic E-state index is -0.378. The van der Waals surface area contributed by atoms with Crippen LogP contribution in [0.1, 0.15) is 19.3 Å². The maximum atomic E-state index is 13.0. The Morgan fingerprint density at radius 3 is 3.00 bits per heavy atom. The lowest BCUT2D eigenvalue weighted by molar-refractivity contribution is 0.144. The molecule has 1 aliphatic heterocycles. The van der Waals surface area contributed by atoms with Gasteiger partial charge in [-0.3, -0.25) is 0 Å². The molecule has 0 radical (unpaired) electrons. The number of halogens is 2. The van der Waals surface area contributed by atoms with Crippen molar-refractivity contribution in [1.29, 1.82) is 0 Å². The van der Waals surface area contributed by atoms with Crippen molar-refractivity contribution in [3.63, 3.8) is 0 Å². The first kappa shape index (κ1) is 11.7. The highest BCUT2D eigenvalue weighted by molar-refractivity contribution is 6.31. The summed E-state index contributed by atoms with van der Waals surface area (Å²) in [5, 5.41) is 3.52. The number of hydrogen-bond donors (Lipinski definition) is 1. The second kappa shape index (κ2) is 5.51. The van der Waals surface area contributed by atoms with Crippen molar-refractivity contribution in [2.75, 3.05) is 18.5 Å². The molecular formula is C12H15ClFNO. The second-order valence-electron chi connectivity index (χ2n) is 4.01. The zero-order valence-corrected chi connectivity index (χ0v) is 9.77. The van der Waals surface area contributed by atoms with E-state index in [1.165, 1.54) is 6.07 Å². The molecule has 1 N–H and O–H groups in total. The maximum absolute atomic E-state index is 13.0. The van der Waals surface area contributed by atoms with Gasteiger partial charge in [-0.1, -0.05) is 11.6 Å². The highest BCUT2D eigenvalue weighted by atomic mass is 35.5. The van der Waals surface area contributed by atoms with Crippen molar-refractivity contribution in [1.82, 2.24) is 0 Å². The molecule has 1 saturated heterocycles. The molecule has 1 fully saturated rings. The summed E-state index contributed by atoms with van der Waals surface area (Å²) < 4.78 is 18.3. The smallest absolute Gasteiger partial charge is 0.141 e. The van der Waals surface area contributed by atoms with Crippen LogP contribution in [0.25, 0.3) is 0 Å². The van der Waals surface area contributed by atoms with Crippen molar-refractivity contribution in [3.05, 3.63) is 29.0 Å². The molecule has 0 amide bonds. The second-order valence-corrected chi connectivity index (χ2v) is 4.42. The van der Waals surface area contributed by atoms with Crippen LogP contribution in [0.4, 0.5) is 10.1 Å². The van der Waals surface area contributed by atoms with Crippen molar-refractivity contribution < 1.29 is 9.13 Å². The highest BCUT2D eigenvalue weighted by Gasteiger charge is 2.12. The van der Waals surface area contributed by atoms with E-state index in [0.29, 0.717) is 6.04 Å². The minimum Gasteiger partial charge on any atom is -0.382 e. The third kappa shape index (κ3) is 3.09. The topological polar surface area (TPSA) is 21.3 Å². The Bertz CT molecular complexity index is 351. The molecule has 1 aromatic rings. The molecular weight excluding hydrogens is 229 g/mol. The van der Waals surface area contributed by atoms with Gasteiger partial charge < -0.3 is 10.1 Å². The van der Waals surface area contributed by atoms with Gasteiger partial charge in [0.15, 0.2) is 0 Å². The Balaban J connectivity index is 1.99. The van der Waals surface area contributed by atoms with Crippen LogP contribution < -0.4 is 5.32 Å². The molecule has 0 spiro atoms. The zero-order chi connectivity index (χ0) is 11.4. The Morgan fingerprint density at radius 1 is 1.31 bits per heavy atom. The van der Waals surface area contributed by atoms with Gasteiger partial charge in [-0.2, -0.15) is 0 Å². The highest BCUT2D eigenvalue weighted by Crippen LogP contribution is 2.21. The summed E-state index contributed by atoms with van der Waals surface area (Å²) in [6, 6.07) is 5.12. The summed E-state index contributed by atoms with van der Waals surface area (Å²) >= 11 is 5.72. The fourth-order valence-electron chi connectivity index (χ4n) is 1.87. The van der Waals surface area contributed by atoms with Crippen LogP contribution in [-0.2, 0) is 4.74 Å². The molecule has 0 saturated carbocycles. The fourth-order valence-corrected chi connectivity index (χ4v) is 2.05. The van der Waals surface area contributed by atoms with Crippen molar-refractivity contribution in [2.24, 2.45) is 0 Å². The average Bonchev–Trinajstić information content (AvgIpc) is 2.52. The van der Waals surface area contributed by atoms with Gasteiger partial charge in [0.05, 0.1) is 5.02 Å². The summed E-state index contributed by atoms with van der Waals surface area (Å²) in [5.41, 5.74) is 0.873. The zero-order valence-electron chi connectivity index (χ0n) is 9.01. The van der Waals surface area contributed by atoms with Gasteiger partial charge in [0.25, 0.3) is 0 Å². The summed E-state index contributed by atoms with van der Waals surface area (Å²) in [6.07, 6.45) is 3.12. The van der Waals surface area contributed by atoms with Crippen molar-refractivity contribution in [3.8, 4) is 0 Å². The molecule has 4 heteroatoms.